The van der Waals surface area contributed by atoms with E-state index in [-0.39, 0.29) is 0 Å². The number of anilines is 2. The molecule has 0 radical (unpaired) electrons. The maximum Gasteiger partial charge on any atom is 0.401 e. The van der Waals surface area contributed by atoms with Gasteiger partial charge in [-0.3, -0.25) is 4.90 Å². The minimum atomic E-state index is -4.15. The molecule has 8 heteroatoms. The molecule has 3 heterocycles. The van der Waals surface area contributed by atoms with Crippen LogP contribution in [0, 0.1) is 6.92 Å². The van der Waals surface area contributed by atoms with Crippen LogP contribution in [0.5, 0.6) is 0 Å². The number of rotatable bonds is 1. The first-order valence-electron chi connectivity index (χ1n) is 8.49. The predicted octanol–water partition coefficient (Wildman–Crippen LogP) is 4.37. The van der Waals surface area contributed by atoms with E-state index in [0.717, 1.165) is 27.8 Å². The molecule has 2 aliphatic heterocycles. The molecular weight excluding hydrogens is 361 g/mol. The molecule has 138 valence electrons. The average Bonchev–Trinajstić information content (AvgIpc) is 2.86. The molecule has 1 aromatic carbocycles. The van der Waals surface area contributed by atoms with Gasteiger partial charge in [-0.05, 0) is 25.1 Å². The summed E-state index contributed by atoms with van der Waals surface area (Å²) < 4.78 is 37.9. The second-order valence-corrected chi connectivity index (χ2v) is 7.81. The zero-order valence-corrected chi connectivity index (χ0v) is 15.1. The second-order valence-electron chi connectivity index (χ2n) is 6.56. The maximum atomic E-state index is 12.6. The number of hydrogen-bond acceptors (Lipinski definition) is 5. The summed E-state index contributed by atoms with van der Waals surface area (Å²) in [7, 11) is 0. The number of halogens is 3. The third-order valence-corrected chi connectivity index (χ3v) is 5.52. The lowest BCUT2D eigenvalue weighted by Gasteiger charge is -2.36. The van der Waals surface area contributed by atoms with E-state index in [1.807, 2.05) is 31.2 Å². The molecule has 0 bridgehead atoms. The van der Waals surface area contributed by atoms with E-state index < -0.39 is 12.7 Å². The number of benzene rings is 1. The Kier molecular flexibility index (Phi) is 4.40. The topological polar surface area (TPSA) is 30.9 Å². The number of piperazine rings is 1. The zero-order chi connectivity index (χ0) is 18.3. The quantitative estimate of drug-likeness (QED) is 0.797. The van der Waals surface area contributed by atoms with Gasteiger partial charge in [-0.25, -0.2) is 4.99 Å². The monoisotopic (exact) mass is 380 g/mol. The number of nitrogens with one attached hydrogen (secondary N) is 1. The first-order chi connectivity index (χ1) is 12.4. The second kappa shape index (κ2) is 6.59. The molecule has 4 rings (SSSR count). The number of aliphatic imine (C=N–C) groups is 1. The minimum Gasteiger partial charge on any atom is -0.353 e. The van der Waals surface area contributed by atoms with Gasteiger partial charge in [0.2, 0.25) is 0 Å². The fourth-order valence-corrected chi connectivity index (χ4v) is 4.28. The Bertz CT molecular complexity index is 835. The van der Waals surface area contributed by atoms with Crippen LogP contribution < -0.4 is 5.32 Å². The molecule has 1 saturated heterocycles. The standard InChI is InChI=1S/C18H19F3N4S/c1-12-10-13-16(25-8-6-24(7-9-25)11-18(19,20)21)22-14-4-2-3-5-15(14)23-17(13)26-12/h2-5,10,23H,6-9,11H2,1H3. The highest BCUT2D eigenvalue weighted by Crippen LogP contribution is 2.39. The minimum absolute atomic E-state index is 0.381. The van der Waals surface area contributed by atoms with Gasteiger partial charge in [-0.2, -0.15) is 13.2 Å². The van der Waals surface area contributed by atoms with Crippen LogP contribution in [0.3, 0.4) is 0 Å². The Morgan fingerprint density at radius 1 is 1.15 bits per heavy atom. The Labute approximate surface area is 153 Å². The van der Waals surface area contributed by atoms with E-state index in [1.54, 1.807) is 11.3 Å². The number of fused-ring (bicyclic) bond motifs is 2. The molecule has 0 unspecified atom stereocenters. The molecule has 2 aromatic rings. The van der Waals surface area contributed by atoms with Gasteiger partial charge in [0.1, 0.15) is 10.8 Å². The summed E-state index contributed by atoms with van der Waals surface area (Å²) in [6, 6.07) is 9.93. The molecule has 0 saturated carbocycles. The molecule has 4 nitrogen and oxygen atoms in total. The lowest BCUT2D eigenvalue weighted by molar-refractivity contribution is -0.148. The molecule has 0 aliphatic carbocycles. The van der Waals surface area contributed by atoms with Gasteiger partial charge in [0.15, 0.2) is 0 Å². The Hall–Kier alpha value is -2.06. The van der Waals surface area contributed by atoms with Gasteiger partial charge in [0.05, 0.1) is 23.5 Å². The number of para-hydroxylation sites is 2. The molecule has 0 atom stereocenters. The van der Waals surface area contributed by atoms with Gasteiger partial charge in [0, 0.05) is 31.1 Å². The maximum absolute atomic E-state index is 12.6. The lowest BCUT2D eigenvalue weighted by Crippen LogP contribution is -2.51. The van der Waals surface area contributed by atoms with Crippen LogP contribution in [0.25, 0.3) is 0 Å². The predicted molar refractivity (Wildman–Crippen MR) is 99.0 cm³/mol. The van der Waals surface area contributed by atoms with Crippen LogP contribution >= 0.6 is 11.3 Å². The molecule has 0 spiro atoms. The van der Waals surface area contributed by atoms with Crippen LogP contribution in [-0.4, -0.2) is 54.5 Å². The number of aryl methyl sites for hydroxylation is 1. The van der Waals surface area contributed by atoms with Crippen molar-refractivity contribution < 1.29 is 13.2 Å². The lowest BCUT2D eigenvalue weighted by atomic mass is 10.2. The highest BCUT2D eigenvalue weighted by atomic mass is 32.1. The molecule has 2 aliphatic rings. The molecule has 0 amide bonds. The van der Waals surface area contributed by atoms with Crippen molar-refractivity contribution in [3.05, 3.63) is 40.8 Å². The third-order valence-electron chi connectivity index (χ3n) is 4.55. The third kappa shape index (κ3) is 3.57. The number of nitrogens with zero attached hydrogens (tertiary/aromatic N) is 3. The van der Waals surface area contributed by atoms with Gasteiger partial charge < -0.3 is 10.2 Å². The Morgan fingerprint density at radius 2 is 1.88 bits per heavy atom. The van der Waals surface area contributed by atoms with Crippen molar-refractivity contribution >= 4 is 33.5 Å². The highest BCUT2D eigenvalue weighted by Gasteiger charge is 2.33. The zero-order valence-electron chi connectivity index (χ0n) is 14.3. The van der Waals surface area contributed by atoms with E-state index in [9.17, 15) is 13.2 Å². The first kappa shape index (κ1) is 17.4. The van der Waals surface area contributed by atoms with Crippen molar-refractivity contribution in [2.45, 2.75) is 13.1 Å². The van der Waals surface area contributed by atoms with Gasteiger partial charge in [0.25, 0.3) is 0 Å². The van der Waals surface area contributed by atoms with E-state index in [1.165, 1.54) is 9.78 Å². The van der Waals surface area contributed by atoms with Crippen molar-refractivity contribution in [3.8, 4) is 0 Å². The molecule has 1 aromatic heterocycles. The molecular formula is C18H19F3N4S. The molecule has 1 N–H and O–H groups in total. The Morgan fingerprint density at radius 3 is 2.62 bits per heavy atom. The summed E-state index contributed by atoms with van der Waals surface area (Å²) in [6.45, 7) is 3.03. The number of alkyl halides is 3. The summed E-state index contributed by atoms with van der Waals surface area (Å²) in [6.07, 6.45) is -4.15. The van der Waals surface area contributed by atoms with Crippen LogP contribution in [0.15, 0.2) is 35.3 Å². The molecule has 1 fully saturated rings. The SMILES string of the molecule is Cc1cc2c(s1)Nc1ccccc1N=C2N1CCN(CC(F)(F)F)CC1. The summed E-state index contributed by atoms with van der Waals surface area (Å²) in [5, 5.41) is 4.48. The average molecular weight is 380 g/mol. The van der Waals surface area contributed by atoms with Crippen molar-refractivity contribution in [3.63, 3.8) is 0 Å². The van der Waals surface area contributed by atoms with Gasteiger partial charge in [-0.1, -0.05) is 12.1 Å². The summed E-state index contributed by atoms with van der Waals surface area (Å²) >= 11 is 1.67. The van der Waals surface area contributed by atoms with Crippen molar-refractivity contribution in [2.24, 2.45) is 4.99 Å². The van der Waals surface area contributed by atoms with Crippen LogP contribution in [0.4, 0.5) is 29.5 Å². The fourth-order valence-electron chi connectivity index (χ4n) is 3.36. The van der Waals surface area contributed by atoms with E-state index >= 15 is 0 Å². The van der Waals surface area contributed by atoms with E-state index in [4.69, 9.17) is 4.99 Å². The molecule has 26 heavy (non-hydrogen) atoms. The van der Waals surface area contributed by atoms with Crippen LogP contribution in [0.2, 0.25) is 0 Å². The summed E-state index contributed by atoms with van der Waals surface area (Å²) in [5.74, 6) is 0.841. The van der Waals surface area contributed by atoms with Crippen molar-refractivity contribution in [2.75, 3.05) is 38.0 Å². The first-order valence-corrected chi connectivity index (χ1v) is 9.30. The largest absolute Gasteiger partial charge is 0.401 e. The van der Waals surface area contributed by atoms with Gasteiger partial charge >= 0.3 is 6.18 Å². The number of amidine groups is 1. The van der Waals surface area contributed by atoms with Gasteiger partial charge in [-0.15, -0.1) is 11.3 Å². The van der Waals surface area contributed by atoms with E-state index in [0.29, 0.717) is 26.2 Å². The smallest absolute Gasteiger partial charge is 0.353 e. The normalized spacial score (nSPS) is 17.8. The van der Waals surface area contributed by atoms with Crippen molar-refractivity contribution in [1.29, 1.82) is 0 Å². The highest BCUT2D eigenvalue weighted by molar-refractivity contribution is 7.16. The number of thiophene rings is 1. The summed E-state index contributed by atoms with van der Waals surface area (Å²) in [4.78, 5) is 9.59. The number of hydrogen-bond donors (Lipinski definition) is 1. The van der Waals surface area contributed by atoms with Crippen LogP contribution in [-0.2, 0) is 0 Å². The summed E-state index contributed by atoms with van der Waals surface area (Å²) in [5.41, 5.74) is 2.82. The van der Waals surface area contributed by atoms with Crippen molar-refractivity contribution in [1.82, 2.24) is 9.80 Å². The van der Waals surface area contributed by atoms with Crippen LogP contribution in [0.1, 0.15) is 10.4 Å². The van der Waals surface area contributed by atoms with E-state index in [2.05, 4.69) is 16.3 Å². The fraction of sp³-hybridized carbons (Fsp3) is 0.389. The Balaban J connectivity index is 1.62.